The minimum atomic E-state index is -0.0392. The van der Waals surface area contributed by atoms with Gasteiger partial charge >= 0.3 is 0 Å². The summed E-state index contributed by atoms with van der Waals surface area (Å²) in [5.41, 5.74) is 4.10. The number of amides is 1. The largest absolute Gasteiger partial charge is 0.332 e. The van der Waals surface area contributed by atoms with E-state index in [2.05, 4.69) is 15.7 Å². The Balaban J connectivity index is 1.94. The number of hydroxylamine groups is 1. The lowest BCUT2D eigenvalue weighted by Gasteiger charge is -2.26. The molecule has 1 aliphatic heterocycles. The summed E-state index contributed by atoms with van der Waals surface area (Å²) in [6.45, 7) is 3.65. The minimum absolute atomic E-state index is 0.00568. The number of benzene rings is 1. The van der Waals surface area contributed by atoms with Gasteiger partial charge in [-0.3, -0.25) is 9.63 Å². The zero-order valence-corrected chi connectivity index (χ0v) is 11.8. The molecule has 1 amide bonds. The van der Waals surface area contributed by atoms with E-state index in [4.69, 9.17) is 4.84 Å². The molecule has 2 aromatic rings. The predicted molar refractivity (Wildman–Crippen MR) is 75.8 cm³/mol. The van der Waals surface area contributed by atoms with E-state index in [0.717, 1.165) is 0 Å². The van der Waals surface area contributed by atoms with E-state index in [9.17, 15) is 4.79 Å². The monoisotopic (exact) mass is 287 g/mol. The third kappa shape index (κ3) is 2.79. The van der Waals surface area contributed by atoms with Crippen LogP contribution in [-0.2, 0) is 4.84 Å². The van der Waals surface area contributed by atoms with Gasteiger partial charge in [0.2, 0.25) is 0 Å². The Morgan fingerprint density at radius 1 is 1.33 bits per heavy atom. The molecule has 1 aliphatic rings. The first-order valence-electron chi connectivity index (χ1n) is 6.88. The van der Waals surface area contributed by atoms with Crippen LogP contribution >= 0.6 is 0 Å². The molecule has 0 bridgehead atoms. The van der Waals surface area contributed by atoms with Crippen LogP contribution in [-0.4, -0.2) is 51.5 Å². The first-order valence-corrected chi connectivity index (χ1v) is 6.88. The standard InChI is InChI=1S/C14H17N5O2/c1-11-10-21-17-8-9-18(11)14(20)12-4-2-3-5-13(12)19-15-6-7-16-19/h2-7,11,17H,8-10H2,1H3/t11-/m1/s1. The number of rotatable bonds is 2. The molecule has 21 heavy (non-hydrogen) atoms. The second-order valence-corrected chi connectivity index (χ2v) is 4.89. The van der Waals surface area contributed by atoms with Gasteiger partial charge in [0.15, 0.2) is 0 Å². The molecule has 1 atom stereocenters. The molecule has 1 N–H and O–H groups in total. The van der Waals surface area contributed by atoms with Gasteiger partial charge in [-0.2, -0.15) is 15.0 Å². The van der Waals surface area contributed by atoms with E-state index in [0.29, 0.717) is 30.9 Å². The lowest BCUT2D eigenvalue weighted by Crippen LogP contribution is -2.41. The van der Waals surface area contributed by atoms with E-state index in [1.807, 2.05) is 30.0 Å². The number of hydrogen-bond acceptors (Lipinski definition) is 5. The highest BCUT2D eigenvalue weighted by atomic mass is 16.6. The van der Waals surface area contributed by atoms with Crippen LogP contribution < -0.4 is 5.48 Å². The molecule has 0 spiro atoms. The Labute approximate surface area is 122 Å². The van der Waals surface area contributed by atoms with Gasteiger partial charge in [0.1, 0.15) is 0 Å². The SMILES string of the molecule is C[C@@H]1CONCCN1C(=O)c1ccccc1-n1nccn1. The molecule has 2 heterocycles. The van der Waals surface area contributed by atoms with Crippen molar-refractivity contribution in [2.24, 2.45) is 0 Å². The Hall–Kier alpha value is -2.25. The molecule has 1 saturated heterocycles. The number of carbonyl (C=O) groups excluding carboxylic acids is 1. The normalized spacial score (nSPS) is 19.3. The average Bonchev–Trinajstić information content (AvgIpc) is 2.96. The van der Waals surface area contributed by atoms with Crippen molar-refractivity contribution in [1.82, 2.24) is 25.4 Å². The van der Waals surface area contributed by atoms with Gasteiger partial charge in [0.05, 0.1) is 36.3 Å². The molecule has 1 aromatic carbocycles. The highest BCUT2D eigenvalue weighted by Gasteiger charge is 2.25. The van der Waals surface area contributed by atoms with Crippen molar-refractivity contribution in [2.75, 3.05) is 19.7 Å². The highest BCUT2D eigenvalue weighted by molar-refractivity contribution is 5.97. The molecular formula is C14H17N5O2. The van der Waals surface area contributed by atoms with Crippen LogP contribution in [0.3, 0.4) is 0 Å². The summed E-state index contributed by atoms with van der Waals surface area (Å²) in [4.78, 5) is 21.4. The van der Waals surface area contributed by atoms with Crippen molar-refractivity contribution < 1.29 is 9.63 Å². The van der Waals surface area contributed by atoms with E-state index in [1.165, 1.54) is 4.80 Å². The predicted octanol–water partition coefficient (Wildman–Crippen LogP) is 0.633. The van der Waals surface area contributed by atoms with E-state index < -0.39 is 0 Å². The van der Waals surface area contributed by atoms with E-state index in [-0.39, 0.29) is 11.9 Å². The van der Waals surface area contributed by atoms with Gasteiger partial charge in [-0.15, -0.1) is 0 Å². The van der Waals surface area contributed by atoms with Crippen molar-refractivity contribution >= 4 is 5.91 Å². The third-order valence-electron chi connectivity index (χ3n) is 3.44. The first-order chi connectivity index (χ1) is 10.3. The number of nitrogens with zero attached hydrogens (tertiary/aromatic N) is 4. The second kappa shape index (κ2) is 6.02. The second-order valence-electron chi connectivity index (χ2n) is 4.89. The highest BCUT2D eigenvalue weighted by Crippen LogP contribution is 2.17. The fraction of sp³-hybridized carbons (Fsp3) is 0.357. The number of nitrogens with one attached hydrogen (secondary N) is 1. The third-order valence-corrected chi connectivity index (χ3v) is 3.44. The van der Waals surface area contributed by atoms with Gasteiger partial charge in [-0.1, -0.05) is 12.1 Å². The smallest absolute Gasteiger partial charge is 0.256 e. The van der Waals surface area contributed by atoms with Gasteiger partial charge in [0, 0.05) is 13.1 Å². The Morgan fingerprint density at radius 3 is 2.90 bits per heavy atom. The topological polar surface area (TPSA) is 72.3 Å². The molecule has 0 saturated carbocycles. The Bertz CT molecular complexity index is 614. The van der Waals surface area contributed by atoms with Crippen molar-refractivity contribution in [2.45, 2.75) is 13.0 Å². The molecule has 7 nitrogen and oxygen atoms in total. The molecule has 1 aromatic heterocycles. The molecule has 110 valence electrons. The maximum Gasteiger partial charge on any atom is 0.256 e. The summed E-state index contributed by atoms with van der Waals surface area (Å²) in [5, 5.41) is 8.22. The molecule has 0 radical (unpaired) electrons. The van der Waals surface area contributed by atoms with Crippen LogP contribution in [0.15, 0.2) is 36.7 Å². The van der Waals surface area contributed by atoms with Crippen molar-refractivity contribution in [3.8, 4) is 5.69 Å². The maximum atomic E-state index is 12.9. The lowest BCUT2D eigenvalue weighted by atomic mass is 10.1. The molecule has 1 fully saturated rings. The summed E-state index contributed by atoms with van der Waals surface area (Å²) in [5.74, 6) is -0.0392. The molecule has 0 unspecified atom stereocenters. The van der Waals surface area contributed by atoms with Gasteiger partial charge in [-0.25, -0.2) is 5.48 Å². The van der Waals surface area contributed by atoms with Crippen LogP contribution in [0, 0.1) is 0 Å². The minimum Gasteiger partial charge on any atom is -0.332 e. The van der Waals surface area contributed by atoms with Crippen LogP contribution in [0.25, 0.3) is 5.69 Å². The van der Waals surface area contributed by atoms with Crippen LogP contribution in [0.4, 0.5) is 0 Å². The van der Waals surface area contributed by atoms with Crippen LogP contribution in [0.5, 0.6) is 0 Å². The summed E-state index contributed by atoms with van der Waals surface area (Å²) < 4.78 is 0. The number of para-hydroxylation sites is 1. The van der Waals surface area contributed by atoms with E-state index in [1.54, 1.807) is 18.5 Å². The zero-order valence-electron chi connectivity index (χ0n) is 11.8. The zero-order chi connectivity index (χ0) is 14.7. The molecule has 3 rings (SSSR count). The van der Waals surface area contributed by atoms with Crippen molar-refractivity contribution in [3.63, 3.8) is 0 Å². The summed E-state index contributed by atoms with van der Waals surface area (Å²) in [6, 6.07) is 7.35. The van der Waals surface area contributed by atoms with Crippen LogP contribution in [0.1, 0.15) is 17.3 Å². The van der Waals surface area contributed by atoms with Crippen molar-refractivity contribution in [1.29, 1.82) is 0 Å². The van der Waals surface area contributed by atoms with E-state index >= 15 is 0 Å². The quantitative estimate of drug-likeness (QED) is 0.877. The fourth-order valence-corrected chi connectivity index (χ4v) is 2.35. The van der Waals surface area contributed by atoms with Gasteiger partial charge in [-0.05, 0) is 19.1 Å². The molecular weight excluding hydrogens is 270 g/mol. The lowest BCUT2D eigenvalue weighted by molar-refractivity contribution is 0.0346. The van der Waals surface area contributed by atoms with Crippen molar-refractivity contribution in [3.05, 3.63) is 42.2 Å². The Kier molecular flexibility index (Phi) is 3.94. The van der Waals surface area contributed by atoms with Gasteiger partial charge in [0.25, 0.3) is 5.91 Å². The Morgan fingerprint density at radius 2 is 2.10 bits per heavy atom. The maximum absolute atomic E-state index is 12.9. The molecule has 0 aliphatic carbocycles. The average molecular weight is 287 g/mol. The van der Waals surface area contributed by atoms with Crippen LogP contribution in [0.2, 0.25) is 0 Å². The summed E-state index contributed by atoms with van der Waals surface area (Å²) in [6.07, 6.45) is 3.18. The number of aromatic nitrogens is 3. The first kappa shape index (κ1) is 13.7. The van der Waals surface area contributed by atoms with Gasteiger partial charge < -0.3 is 4.90 Å². The number of hydrogen-bond donors (Lipinski definition) is 1. The fourth-order valence-electron chi connectivity index (χ4n) is 2.35. The summed E-state index contributed by atoms with van der Waals surface area (Å²) >= 11 is 0. The number of carbonyl (C=O) groups is 1. The summed E-state index contributed by atoms with van der Waals surface area (Å²) in [7, 11) is 0. The molecule has 7 heteroatoms.